The normalized spacial score (nSPS) is 26.4. The maximum Gasteiger partial charge on any atom is 0.309 e. The molecule has 0 amide bonds. The summed E-state index contributed by atoms with van der Waals surface area (Å²) in [6.07, 6.45) is 7.90. The van der Waals surface area contributed by atoms with Gasteiger partial charge in [0.1, 0.15) is 11.9 Å². The van der Waals surface area contributed by atoms with Gasteiger partial charge < -0.3 is 4.74 Å². The number of fused-ring (bicyclic) bond motifs is 1. The Balaban J connectivity index is 1.19. The van der Waals surface area contributed by atoms with Crippen molar-refractivity contribution in [3.63, 3.8) is 0 Å². The van der Waals surface area contributed by atoms with Crippen LogP contribution in [-0.4, -0.2) is 11.0 Å². The number of ether oxygens (including phenoxy) is 1. The summed E-state index contributed by atoms with van der Waals surface area (Å²) in [6.45, 7) is 1.94. The van der Waals surface area contributed by atoms with Crippen LogP contribution < -0.4 is 0 Å². The van der Waals surface area contributed by atoms with Gasteiger partial charge in [0.2, 0.25) is 0 Å². The van der Waals surface area contributed by atoms with E-state index in [9.17, 15) is 9.18 Å². The molecule has 0 N–H and O–H groups in total. The maximum atomic E-state index is 13.8. The molecule has 1 aromatic heterocycles. The zero-order valence-corrected chi connectivity index (χ0v) is 17.9. The molecule has 2 saturated carbocycles. The number of nitrogens with zero attached hydrogens (tertiary/aromatic N) is 1. The Morgan fingerprint density at radius 3 is 2.58 bits per heavy atom. The smallest absolute Gasteiger partial charge is 0.309 e. The zero-order chi connectivity index (χ0) is 21.4. The van der Waals surface area contributed by atoms with Crippen molar-refractivity contribution >= 4 is 16.9 Å². The number of hydrogen-bond donors (Lipinski definition) is 0. The van der Waals surface area contributed by atoms with Gasteiger partial charge in [0.15, 0.2) is 0 Å². The second-order valence-corrected chi connectivity index (χ2v) is 9.43. The lowest BCUT2D eigenvalue weighted by Gasteiger charge is -2.50. The topological polar surface area (TPSA) is 39.2 Å². The number of benzene rings is 2. The summed E-state index contributed by atoms with van der Waals surface area (Å²) in [4.78, 5) is 17.0. The number of rotatable bonds is 4. The molecule has 3 aromatic rings. The molecular formula is C27H28FNO2. The van der Waals surface area contributed by atoms with Crippen molar-refractivity contribution in [3.8, 4) is 0 Å². The van der Waals surface area contributed by atoms with E-state index in [1.807, 2.05) is 43.5 Å². The molecule has 160 valence electrons. The SMILES string of the molecule is CC(OC(=O)C1CC2(CCC(c3ccnc4ccc(F)cc34)CC2)C1)c1ccccc1. The Bertz CT molecular complexity index is 1080. The van der Waals surface area contributed by atoms with Crippen molar-refractivity contribution in [2.45, 2.75) is 57.5 Å². The highest BCUT2D eigenvalue weighted by Gasteiger charge is 2.49. The Kier molecular flexibility index (Phi) is 5.25. The highest BCUT2D eigenvalue weighted by molar-refractivity contribution is 5.82. The third kappa shape index (κ3) is 3.96. The third-order valence-electron chi connectivity index (χ3n) is 7.48. The Labute approximate surface area is 182 Å². The van der Waals surface area contributed by atoms with Crippen LogP contribution in [-0.2, 0) is 9.53 Å². The maximum absolute atomic E-state index is 13.8. The Morgan fingerprint density at radius 1 is 1.10 bits per heavy atom. The quantitative estimate of drug-likeness (QED) is 0.442. The highest BCUT2D eigenvalue weighted by atomic mass is 19.1. The summed E-state index contributed by atoms with van der Waals surface area (Å²) in [5.41, 5.74) is 3.39. The first-order valence-electron chi connectivity index (χ1n) is 11.3. The van der Waals surface area contributed by atoms with Crippen LogP contribution in [0.3, 0.4) is 0 Å². The van der Waals surface area contributed by atoms with Crippen molar-refractivity contribution < 1.29 is 13.9 Å². The number of carbonyl (C=O) groups is 1. The zero-order valence-electron chi connectivity index (χ0n) is 17.9. The fourth-order valence-electron chi connectivity index (χ4n) is 5.66. The van der Waals surface area contributed by atoms with Crippen LogP contribution in [0.5, 0.6) is 0 Å². The molecule has 0 saturated heterocycles. The van der Waals surface area contributed by atoms with Gasteiger partial charge in [-0.15, -0.1) is 0 Å². The van der Waals surface area contributed by atoms with E-state index in [-0.39, 0.29) is 29.2 Å². The summed E-state index contributed by atoms with van der Waals surface area (Å²) in [5.74, 6) is 0.194. The predicted octanol–water partition coefficient (Wildman–Crippen LogP) is 6.73. The van der Waals surface area contributed by atoms with Crippen LogP contribution >= 0.6 is 0 Å². The fraction of sp³-hybridized carbons (Fsp3) is 0.407. The molecule has 1 atom stereocenters. The van der Waals surface area contributed by atoms with E-state index in [1.165, 1.54) is 11.6 Å². The first kappa shape index (κ1) is 20.2. The van der Waals surface area contributed by atoms with E-state index in [1.54, 1.807) is 12.1 Å². The number of hydrogen-bond acceptors (Lipinski definition) is 3. The number of esters is 1. The number of carbonyl (C=O) groups excluding carboxylic acids is 1. The van der Waals surface area contributed by atoms with Crippen LogP contribution in [0, 0.1) is 17.2 Å². The summed E-state index contributed by atoms with van der Waals surface area (Å²) in [7, 11) is 0. The van der Waals surface area contributed by atoms with E-state index in [4.69, 9.17) is 4.74 Å². The van der Waals surface area contributed by atoms with Crippen LogP contribution in [0.4, 0.5) is 4.39 Å². The summed E-state index contributed by atoms with van der Waals surface area (Å²) in [6, 6.07) is 16.8. The number of halogens is 1. The molecule has 0 aliphatic heterocycles. The van der Waals surface area contributed by atoms with Crippen molar-refractivity contribution in [1.82, 2.24) is 4.98 Å². The second-order valence-electron chi connectivity index (χ2n) is 9.43. The average Bonchev–Trinajstić information content (AvgIpc) is 2.77. The summed E-state index contributed by atoms with van der Waals surface area (Å²) < 4.78 is 19.6. The third-order valence-corrected chi connectivity index (χ3v) is 7.48. The molecule has 1 spiro atoms. The van der Waals surface area contributed by atoms with Crippen LogP contribution in [0.25, 0.3) is 10.9 Å². The molecule has 2 aliphatic rings. The molecule has 5 rings (SSSR count). The minimum atomic E-state index is -0.209. The molecule has 2 aliphatic carbocycles. The van der Waals surface area contributed by atoms with Gasteiger partial charge in [0.05, 0.1) is 11.4 Å². The lowest BCUT2D eigenvalue weighted by Crippen LogP contribution is -2.44. The summed E-state index contributed by atoms with van der Waals surface area (Å²) >= 11 is 0. The molecule has 1 heterocycles. The monoisotopic (exact) mass is 417 g/mol. The van der Waals surface area contributed by atoms with Crippen molar-refractivity contribution in [2.24, 2.45) is 11.3 Å². The van der Waals surface area contributed by atoms with Crippen molar-refractivity contribution in [2.75, 3.05) is 0 Å². The molecule has 2 aromatic carbocycles. The number of pyridine rings is 1. The molecule has 0 radical (unpaired) electrons. The molecule has 3 nitrogen and oxygen atoms in total. The molecule has 2 fully saturated rings. The van der Waals surface area contributed by atoms with Gasteiger partial charge in [-0.05, 0) is 92.2 Å². The molecule has 4 heteroatoms. The van der Waals surface area contributed by atoms with Gasteiger partial charge in [-0.3, -0.25) is 9.78 Å². The van der Waals surface area contributed by atoms with E-state index < -0.39 is 0 Å². The van der Waals surface area contributed by atoms with Crippen LogP contribution in [0.2, 0.25) is 0 Å². The van der Waals surface area contributed by atoms with E-state index in [0.717, 1.165) is 55.0 Å². The van der Waals surface area contributed by atoms with Gasteiger partial charge in [0.25, 0.3) is 0 Å². The van der Waals surface area contributed by atoms with Gasteiger partial charge in [-0.2, -0.15) is 0 Å². The minimum Gasteiger partial charge on any atom is -0.458 e. The van der Waals surface area contributed by atoms with E-state index >= 15 is 0 Å². The highest BCUT2D eigenvalue weighted by Crippen LogP contribution is 2.57. The lowest BCUT2D eigenvalue weighted by molar-refractivity contribution is -0.163. The summed E-state index contributed by atoms with van der Waals surface area (Å²) in [5, 5.41) is 0.938. The van der Waals surface area contributed by atoms with Gasteiger partial charge in [-0.1, -0.05) is 30.3 Å². The van der Waals surface area contributed by atoms with Crippen LogP contribution in [0.15, 0.2) is 60.8 Å². The lowest BCUT2D eigenvalue weighted by atomic mass is 9.54. The van der Waals surface area contributed by atoms with Gasteiger partial charge >= 0.3 is 5.97 Å². The van der Waals surface area contributed by atoms with Crippen LogP contribution in [0.1, 0.15) is 68.6 Å². The first-order chi connectivity index (χ1) is 15.0. The minimum absolute atomic E-state index is 0.0264. The van der Waals surface area contributed by atoms with Gasteiger partial charge in [0, 0.05) is 11.6 Å². The molecule has 0 bridgehead atoms. The molecule has 31 heavy (non-hydrogen) atoms. The standard InChI is InChI=1S/C27H28FNO2/c1-18(19-5-3-2-4-6-19)31-26(30)21-16-27(17-21)12-9-20(10-13-27)23-11-14-29-25-8-7-22(28)15-24(23)25/h2-8,11,14-15,18,20-21H,9-10,12-13,16-17H2,1H3. The Morgan fingerprint density at radius 2 is 1.84 bits per heavy atom. The molecular weight excluding hydrogens is 389 g/mol. The Hall–Kier alpha value is -2.75. The van der Waals surface area contributed by atoms with E-state index in [0.29, 0.717) is 5.92 Å². The largest absolute Gasteiger partial charge is 0.458 e. The van der Waals surface area contributed by atoms with Gasteiger partial charge in [-0.25, -0.2) is 4.39 Å². The number of aromatic nitrogens is 1. The van der Waals surface area contributed by atoms with Crippen molar-refractivity contribution in [3.05, 3.63) is 77.7 Å². The molecule has 1 unspecified atom stereocenters. The fourth-order valence-corrected chi connectivity index (χ4v) is 5.66. The van der Waals surface area contributed by atoms with E-state index in [2.05, 4.69) is 11.1 Å². The second kappa shape index (κ2) is 8.07. The predicted molar refractivity (Wildman–Crippen MR) is 119 cm³/mol. The van der Waals surface area contributed by atoms with Crippen molar-refractivity contribution in [1.29, 1.82) is 0 Å². The first-order valence-corrected chi connectivity index (χ1v) is 11.3. The average molecular weight is 418 g/mol.